The molecule has 1 amide bonds. The minimum absolute atomic E-state index is 0.169. The molecule has 3 aromatic rings. The maximum absolute atomic E-state index is 13.7. The van der Waals surface area contributed by atoms with Gasteiger partial charge in [-0.1, -0.05) is 18.2 Å². The number of aliphatic carboxylic acids is 1. The van der Waals surface area contributed by atoms with Crippen molar-refractivity contribution in [2.75, 3.05) is 11.9 Å². The van der Waals surface area contributed by atoms with Crippen LogP contribution in [-0.4, -0.2) is 39.7 Å². The third-order valence-corrected chi connectivity index (χ3v) is 3.43. The number of anilines is 1. The predicted octanol–water partition coefficient (Wildman–Crippen LogP) is 3.93. The topological polar surface area (TPSA) is 101 Å². The van der Waals surface area contributed by atoms with Crippen LogP contribution in [0.1, 0.15) is 0 Å². The molecule has 2 N–H and O–H groups in total. The van der Waals surface area contributed by atoms with Crippen LogP contribution in [0.25, 0.3) is 11.3 Å². The van der Waals surface area contributed by atoms with Crippen molar-refractivity contribution in [1.29, 1.82) is 0 Å². The van der Waals surface area contributed by atoms with Crippen molar-refractivity contribution >= 4 is 17.7 Å². The second kappa shape index (κ2) is 10.7. The van der Waals surface area contributed by atoms with E-state index in [1.165, 1.54) is 12.3 Å². The molecule has 0 aliphatic heterocycles. The molecule has 1 aromatic carbocycles. The Hall–Kier alpha value is -4.02. The quantitative estimate of drug-likeness (QED) is 0.587. The van der Waals surface area contributed by atoms with Gasteiger partial charge in [-0.3, -0.25) is 9.78 Å². The number of carbonyl (C=O) groups excluding carboxylic acids is 1. The lowest BCUT2D eigenvalue weighted by molar-refractivity contribution is -0.192. The fourth-order valence-corrected chi connectivity index (χ4v) is 2.06. The molecule has 11 heteroatoms. The van der Waals surface area contributed by atoms with Gasteiger partial charge in [-0.15, -0.1) is 0 Å². The number of halogens is 4. The van der Waals surface area contributed by atoms with E-state index in [2.05, 4.69) is 15.3 Å². The lowest BCUT2D eigenvalue weighted by Crippen LogP contribution is -2.21. The number of carboxylic acids is 1. The molecule has 3 rings (SSSR count). The van der Waals surface area contributed by atoms with Crippen LogP contribution >= 0.6 is 0 Å². The zero-order valence-electron chi connectivity index (χ0n) is 15.6. The number of nitrogens with one attached hydrogen (secondary N) is 1. The molecular formula is C20H15F4N3O4. The van der Waals surface area contributed by atoms with Gasteiger partial charge in [-0.25, -0.2) is 14.2 Å². The number of pyridine rings is 2. The molecule has 31 heavy (non-hydrogen) atoms. The van der Waals surface area contributed by atoms with E-state index in [4.69, 9.17) is 14.6 Å². The van der Waals surface area contributed by atoms with Gasteiger partial charge in [-0.05, 0) is 36.4 Å². The van der Waals surface area contributed by atoms with Crippen LogP contribution < -0.4 is 10.1 Å². The summed E-state index contributed by atoms with van der Waals surface area (Å²) < 4.78 is 50.8. The average Bonchev–Trinajstić information content (AvgIpc) is 2.74. The standard InChI is InChI=1S/C18H14FN3O2.C2HF3O2/c19-15-6-2-1-5-14(15)16-9-8-13(11-21-16)24-12-18(23)22-17-7-3-4-10-20-17;3-2(4,5)1(6)7/h1-11H,12H2,(H,20,22,23);(H,6,7). The van der Waals surface area contributed by atoms with Crippen molar-refractivity contribution in [2.45, 2.75) is 6.18 Å². The number of benzene rings is 1. The van der Waals surface area contributed by atoms with E-state index in [0.29, 0.717) is 22.8 Å². The number of carboxylic acid groups (broad SMARTS) is 1. The van der Waals surface area contributed by atoms with E-state index in [9.17, 15) is 22.4 Å². The Morgan fingerprint density at radius 3 is 2.23 bits per heavy atom. The van der Waals surface area contributed by atoms with Crippen molar-refractivity contribution in [1.82, 2.24) is 9.97 Å². The van der Waals surface area contributed by atoms with Gasteiger partial charge < -0.3 is 15.2 Å². The Kier molecular flexibility index (Phi) is 8.01. The molecule has 2 heterocycles. The molecule has 0 bridgehead atoms. The van der Waals surface area contributed by atoms with Gasteiger partial charge in [0.2, 0.25) is 0 Å². The number of aromatic nitrogens is 2. The van der Waals surface area contributed by atoms with Crippen LogP contribution in [0.15, 0.2) is 67.0 Å². The Balaban J connectivity index is 0.000000423. The summed E-state index contributed by atoms with van der Waals surface area (Å²) in [5.41, 5.74) is 0.912. The summed E-state index contributed by atoms with van der Waals surface area (Å²) in [5, 5.41) is 9.74. The highest BCUT2D eigenvalue weighted by Gasteiger charge is 2.38. The van der Waals surface area contributed by atoms with Gasteiger partial charge in [0.1, 0.15) is 17.4 Å². The Bertz CT molecular complexity index is 1010. The molecule has 0 saturated carbocycles. The first-order valence-corrected chi connectivity index (χ1v) is 8.51. The maximum Gasteiger partial charge on any atom is 0.490 e. The number of carbonyl (C=O) groups is 2. The summed E-state index contributed by atoms with van der Waals surface area (Å²) in [7, 11) is 0. The zero-order valence-corrected chi connectivity index (χ0v) is 15.6. The second-order valence-corrected chi connectivity index (χ2v) is 5.71. The summed E-state index contributed by atoms with van der Waals surface area (Å²) in [6.07, 6.45) is -2.04. The molecule has 162 valence electrons. The number of alkyl halides is 3. The Morgan fingerprint density at radius 2 is 1.68 bits per heavy atom. The average molecular weight is 437 g/mol. The van der Waals surface area contributed by atoms with Gasteiger partial charge in [-0.2, -0.15) is 13.2 Å². The molecule has 0 aliphatic rings. The minimum atomic E-state index is -5.08. The SMILES string of the molecule is O=C(COc1ccc(-c2ccccc2F)nc1)Nc1ccccn1.O=C(O)C(F)(F)F. The summed E-state index contributed by atoms with van der Waals surface area (Å²) >= 11 is 0. The van der Waals surface area contributed by atoms with Gasteiger partial charge >= 0.3 is 12.1 Å². The van der Waals surface area contributed by atoms with Crippen LogP contribution in [0.2, 0.25) is 0 Å². The molecule has 2 aromatic heterocycles. The molecule has 0 saturated heterocycles. The van der Waals surface area contributed by atoms with Crippen LogP contribution in [0.3, 0.4) is 0 Å². The predicted molar refractivity (Wildman–Crippen MR) is 102 cm³/mol. The molecule has 0 spiro atoms. The Labute approximate surface area is 173 Å². The fourth-order valence-electron chi connectivity index (χ4n) is 2.06. The van der Waals surface area contributed by atoms with Gasteiger partial charge in [0.05, 0.1) is 11.9 Å². The Morgan fingerprint density at radius 1 is 1.00 bits per heavy atom. The first kappa shape index (κ1) is 23.3. The van der Waals surface area contributed by atoms with Crippen molar-refractivity contribution in [3.8, 4) is 17.0 Å². The van der Waals surface area contributed by atoms with E-state index in [1.54, 1.807) is 54.7 Å². The number of amides is 1. The minimum Gasteiger partial charge on any atom is -0.482 e. The largest absolute Gasteiger partial charge is 0.490 e. The number of hydrogen-bond acceptors (Lipinski definition) is 5. The summed E-state index contributed by atoms with van der Waals surface area (Å²) in [4.78, 5) is 28.8. The highest BCUT2D eigenvalue weighted by Crippen LogP contribution is 2.22. The fraction of sp³-hybridized carbons (Fsp3) is 0.100. The number of nitrogens with zero attached hydrogens (tertiary/aromatic N) is 2. The van der Waals surface area contributed by atoms with Gasteiger partial charge in [0.15, 0.2) is 6.61 Å². The molecule has 0 fully saturated rings. The molecule has 0 atom stereocenters. The van der Waals surface area contributed by atoms with E-state index in [-0.39, 0.29) is 18.3 Å². The monoisotopic (exact) mass is 437 g/mol. The smallest absolute Gasteiger partial charge is 0.482 e. The summed E-state index contributed by atoms with van der Waals surface area (Å²) in [6.45, 7) is -0.169. The van der Waals surface area contributed by atoms with Crippen molar-refractivity contribution in [3.63, 3.8) is 0 Å². The number of hydrogen-bond donors (Lipinski definition) is 2. The molecule has 0 radical (unpaired) electrons. The summed E-state index contributed by atoms with van der Waals surface area (Å²) in [6, 6.07) is 14.9. The van der Waals surface area contributed by atoms with Crippen LogP contribution in [-0.2, 0) is 9.59 Å². The van der Waals surface area contributed by atoms with E-state index < -0.39 is 12.1 Å². The van der Waals surface area contributed by atoms with E-state index >= 15 is 0 Å². The van der Waals surface area contributed by atoms with Crippen LogP contribution in [0, 0.1) is 5.82 Å². The zero-order chi connectivity index (χ0) is 22.9. The lowest BCUT2D eigenvalue weighted by atomic mass is 10.1. The van der Waals surface area contributed by atoms with Crippen molar-refractivity contribution in [2.24, 2.45) is 0 Å². The second-order valence-electron chi connectivity index (χ2n) is 5.71. The maximum atomic E-state index is 13.7. The lowest BCUT2D eigenvalue weighted by Gasteiger charge is -2.07. The normalized spacial score (nSPS) is 10.5. The van der Waals surface area contributed by atoms with Crippen LogP contribution in [0.5, 0.6) is 5.75 Å². The van der Waals surface area contributed by atoms with E-state index in [1.807, 2.05) is 0 Å². The highest BCUT2D eigenvalue weighted by molar-refractivity contribution is 5.90. The molecule has 0 aliphatic carbocycles. The molecule has 7 nitrogen and oxygen atoms in total. The van der Waals surface area contributed by atoms with E-state index in [0.717, 1.165) is 0 Å². The third kappa shape index (κ3) is 7.72. The van der Waals surface area contributed by atoms with Crippen molar-refractivity contribution < 1.29 is 37.0 Å². The van der Waals surface area contributed by atoms with Gasteiger partial charge in [0.25, 0.3) is 5.91 Å². The van der Waals surface area contributed by atoms with Crippen molar-refractivity contribution in [3.05, 3.63) is 72.8 Å². The first-order chi connectivity index (χ1) is 14.7. The van der Waals surface area contributed by atoms with Gasteiger partial charge in [0, 0.05) is 11.8 Å². The van der Waals surface area contributed by atoms with Crippen LogP contribution in [0.4, 0.5) is 23.4 Å². The number of rotatable bonds is 5. The molecule has 0 unspecified atom stereocenters. The third-order valence-electron chi connectivity index (χ3n) is 3.43. The first-order valence-electron chi connectivity index (χ1n) is 8.51. The highest BCUT2D eigenvalue weighted by atomic mass is 19.4. The molecular weight excluding hydrogens is 422 g/mol. The number of ether oxygens (including phenoxy) is 1. The summed E-state index contributed by atoms with van der Waals surface area (Å²) in [5.74, 6) is -2.54.